The zero-order chi connectivity index (χ0) is 15.5. The van der Waals surface area contributed by atoms with E-state index in [0.29, 0.717) is 0 Å². The Morgan fingerprint density at radius 1 is 1.05 bits per heavy atom. The molecule has 0 spiro atoms. The molecule has 0 saturated heterocycles. The summed E-state index contributed by atoms with van der Waals surface area (Å²) < 4.78 is 60.2. The van der Waals surface area contributed by atoms with Gasteiger partial charge in [-0.1, -0.05) is 32.9 Å². The van der Waals surface area contributed by atoms with Crippen LogP contribution in [-0.2, 0) is 15.5 Å². The van der Waals surface area contributed by atoms with Gasteiger partial charge < -0.3 is 4.55 Å². The maximum Gasteiger partial charge on any atom is 0.485 e. The summed E-state index contributed by atoms with van der Waals surface area (Å²) in [6.07, 6.45) is 0. The molecule has 1 aromatic carbocycles. The zero-order valence-corrected chi connectivity index (χ0v) is 13.6. The number of halogens is 4. The Kier molecular flexibility index (Phi) is 6.28. The third-order valence-electron chi connectivity index (χ3n) is 2.00. The van der Waals surface area contributed by atoms with Crippen molar-refractivity contribution < 1.29 is 48.7 Å². The van der Waals surface area contributed by atoms with Gasteiger partial charge in [0.1, 0.15) is 0 Å². The van der Waals surface area contributed by atoms with Crippen molar-refractivity contribution in [3.8, 4) is 0 Å². The van der Waals surface area contributed by atoms with Gasteiger partial charge in [0.2, 0.25) is 0 Å². The number of hydrogen-bond acceptors (Lipinski definition) is 3. The first-order chi connectivity index (χ1) is 8.25. The molecule has 0 heterocycles. The normalized spacial score (nSPS) is 12.6. The van der Waals surface area contributed by atoms with Crippen molar-refractivity contribution in [1.82, 2.24) is 0 Å². The fraction of sp³-hybridized carbons (Fsp3) is 0.455. The summed E-state index contributed by atoms with van der Waals surface area (Å²) in [5.74, 6) is 0. The van der Waals surface area contributed by atoms with E-state index in [9.17, 15) is 13.2 Å². The minimum Gasteiger partial charge on any atom is -0.741 e. The van der Waals surface area contributed by atoms with E-state index in [-0.39, 0.29) is 5.41 Å². The second kappa shape index (κ2) is 6.40. The Morgan fingerprint density at radius 3 is 1.58 bits per heavy atom. The molecule has 0 aromatic heterocycles. The van der Waals surface area contributed by atoms with Gasteiger partial charge in [-0.2, -0.15) is 13.2 Å². The highest BCUT2D eigenvalue weighted by atomic mass is 127. The summed E-state index contributed by atoms with van der Waals surface area (Å²) in [7, 11) is -6.09. The smallest absolute Gasteiger partial charge is 0.485 e. The van der Waals surface area contributed by atoms with Crippen molar-refractivity contribution in [2.45, 2.75) is 31.7 Å². The average molecular weight is 410 g/mol. The highest BCUT2D eigenvalue weighted by molar-refractivity contribution is 7.86. The number of alkyl halides is 3. The van der Waals surface area contributed by atoms with Gasteiger partial charge in [-0.25, -0.2) is 8.42 Å². The highest BCUT2D eigenvalue weighted by Gasteiger charge is 2.36. The standard InChI is InChI=1S/C10H14I.CHF3O3S/c1-10(2,3)8-4-6-9(11)7-5-8;2-1(3,4)8(5,6)7/h4-7,11H,1-3H3;(H,5,6,7)/q+1;/p-1. The molecule has 1 aromatic rings. The number of benzene rings is 1. The minimum absolute atomic E-state index is 0.287. The van der Waals surface area contributed by atoms with Crippen LogP contribution in [0.1, 0.15) is 26.3 Å². The Morgan fingerprint density at radius 2 is 1.37 bits per heavy atom. The molecule has 0 aliphatic carbocycles. The van der Waals surface area contributed by atoms with Crippen molar-refractivity contribution in [3.05, 3.63) is 33.4 Å². The molecule has 0 aliphatic heterocycles. The second-order valence-electron chi connectivity index (χ2n) is 4.67. The molecular formula is C11H14F3IO3S. The van der Waals surface area contributed by atoms with Gasteiger partial charge in [0, 0.05) is 0 Å². The summed E-state index contributed by atoms with van der Waals surface area (Å²) in [5, 5.41) is 0. The molecule has 0 bridgehead atoms. The van der Waals surface area contributed by atoms with Crippen molar-refractivity contribution in [2.24, 2.45) is 0 Å². The fourth-order valence-electron chi connectivity index (χ4n) is 0.955. The van der Waals surface area contributed by atoms with Crippen LogP contribution < -0.4 is 22.6 Å². The predicted octanol–water partition coefficient (Wildman–Crippen LogP) is -0.509. The van der Waals surface area contributed by atoms with Gasteiger partial charge >= 0.3 is 5.51 Å². The van der Waals surface area contributed by atoms with Gasteiger partial charge in [-0.15, -0.1) is 0 Å². The zero-order valence-electron chi connectivity index (χ0n) is 10.5. The molecule has 1 rings (SSSR count). The molecule has 19 heavy (non-hydrogen) atoms. The van der Waals surface area contributed by atoms with Gasteiger partial charge in [0.15, 0.2) is 13.7 Å². The second-order valence-corrected chi connectivity index (χ2v) is 7.39. The third-order valence-corrected chi connectivity index (χ3v) is 3.35. The van der Waals surface area contributed by atoms with Crippen LogP contribution in [0.15, 0.2) is 24.3 Å². The van der Waals surface area contributed by atoms with Gasteiger partial charge in [-0.05, 0) is 23.1 Å². The van der Waals surface area contributed by atoms with Crippen LogP contribution in [0, 0.1) is 3.57 Å². The molecule has 0 atom stereocenters. The molecule has 3 nitrogen and oxygen atoms in total. The van der Waals surface area contributed by atoms with Crippen LogP contribution in [0.5, 0.6) is 0 Å². The van der Waals surface area contributed by atoms with Gasteiger partial charge in [0.05, 0.1) is 0 Å². The summed E-state index contributed by atoms with van der Waals surface area (Å²) in [5.41, 5.74) is -3.95. The van der Waals surface area contributed by atoms with E-state index < -0.39 is 15.6 Å². The van der Waals surface area contributed by atoms with Crippen molar-refractivity contribution in [3.63, 3.8) is 0 Å². The van der Waals surface area contributed by atoms with E-state index in [1.54, 1.807) is 0 Å². The molecule has 0 aliphatic rings. The topological polar surface area (TPSA) is 57.2 Å². The van der Waals surface area contributed by atoms with Gasteiger partial charge in [0.25, 0.3) is 22.6 Å². The Balaban J connectivity index is 0.000000362. The van der Waals surface area contributed by atoms with Crippen molar-refractivity contribution >= 4 is 10.1 Å². The van der Waals surface area contributed by atoms with Crippen LogP contribution >= 0.6 is 0 Å². The van der Waals surface area contributed by atoms with E-state index in [0.717, 1.165) is 0 Å². The maximum atomic E-state index is 10.7. The average Bonchev–Trinajstić information content (AvgIpc) is 2.14. The molecule has 0 radical (unpaired) electrons. The molecule has 110 valence electrons. The first kappa shape index (κ1) is 18.7. The molecule has 0 fully saturated rings. The van der Waals surface area contributed by atoms with Gasteiger partial charge in [-0.3, -0.25) is 0 Å². The van der Waals surface area contributed by atoms with Crippen molar-refractivity contribution in [1.29, 1.82) is 0 Å². The third kappa shape index (κ3) is 7.11. The predicted molar refractivity (Wildman–Crippen MR) is 61.0 cm³/mol. The summed E-state index contributed by atoms with van der Waals surface area (Å²) >= 11 is 2.05. The fourth-order valence-corrected chi connectivity index (χ4v) is 1.34. The highest BCUT2D eigenvalue weighted by Crippen LogP contribution is 2.21. The van der Waals surface area contributed by atoms with E-state index >= 15 is 0 Å². The first-order valence-corrected chi connectivity index (χ1v) is 7.62. The molecule has 0 unspecified atom stereocenters. The lowest BCUT2D eigenvalue weighted by molar-refractivity contribution is -0.328. The number of hydrogen-bond donors (Lipinski definition) is 0. The van der Waals surface area contributed by atoms with Crippen LogP contribution in [0.25, 0.3) is 0 Å². The maximum absolute atomic E-state index is 10.7. The van der Waals surface area contributed by atoms with E-state index in [1.165, 1.54) is 9.13 Å². The summed E-state index contributed by atoms with van der Waals surface area (Å²) in [6.45, 7) is 6.70. The van der Waals surface area contributed by atoms with E-state index in [4.69, 9.17) is 13.0 Å². The lowest BCUT2D eigenvalue weighted by Crippen LogP contribution is -3.34. The lowest BCUT2D eigenvalue weighted by Gasteiger charge is -2.17. The van der Waals surface area contributed by atoms with Crippen LogP contribution in [0.4, 0.5) is 13.2 Å². The largest absolute Gasteiger partial charge is 0.741 e. The van der Waals surface area contributed by atoms with Crippen LogP contribution in [0.2, 0.25) is 0 Å². The molecule has 0 saturated carbocycles. The lowest BCUT2D eigenvalue weighted by atomic mass is 9.87. The van der Waals surface area contributed by atoms with E-state index in [1.807, 2.05) is 22.6 Å². The molecule has 0 N–H and O–H groups in total. The van der Waals surface area contributed by atoms with E-state index in [2.05, 4.69) is 45.0 Å². The Hall–Kier alpha value is -0.350. The summed E-state index contributed by atoms with van der Waals surface area (Å²) in [4.78, 5) is 0. The SMILES string of the molecule is CC(C)(C)c1ccc([IH+])cc1.O=S(=O)([O-])C(F)(F)F. The monoisotopic (exact) mass is 410 g/mol. The molecule has 8 heteroatoms. The Labute approximate surface area is 124 Å². The molecular weight excluding hydrogens is 396 g/mol. The van der Waals surface area contributed by atoms with Crippen LogP contribution in [-0.4, -0.2) is 18.5 Å². The summed E-state index contributed by atoms with van der Waals surface area (Å²) in [6, 6.07) is 8.76. The quantitative estimate of drug-likeness (QED) is 0.329. The first-order valence-electron chi connectivity index (χ1n) is 5.05. The Bertz CT molecular complexity index is 501. The van der Waals surface area contributed by atoms with Crippen molar-refractivity contribution in [2.75, 3.05) is 0 Å². The van der Waals surface area contributed by atoms with Crippen LogP contribution in [0.3, 0.4) is 0 Å². The number of rotatable bonds is 0. The minimum atomic E-state index is -6.09. The molecule has 0 amide bonds.